The molecule has 17 heavy (non-hydrogen) atoms. The van der Waals surface area contributed by atoms with Gasteiger partial charge in [-0.15, -0.1) is 11.8 Å². The van der Waals surface area contributed by atoms with Crippen molar-refractivity contribution in [3.05, 3.63) is 23.4 Å². The van der Waals surface area contributed by atoms with Gasteiger partial charge >= 0.3 is 0 Å². The molecule has 1 heterocycles. The summed E-state index contributed by atoms with van der Waals surface area (Å²) in [6.45, 7) is 0. The Balaban J connectivity index is 1.98. The number of nitriles is 1. The Hall–Kier alpha value is -0.760. The van der Waals surface area contributed by atoms with E-state index < -0.39 is 0 Å². The third-order valence-electron chi connectivity index (χ3n) is 3.15. The lowest BCUT2D eigenvalue weighted by Gasteiger charge is -2.19. The SMILES string of the molecule is CNC1(C#N)CCC(Sc2ccc(Cl)cn2)C1. The Labute approximate surface area is 111 Å². The zero-order valence-electron chi connectivity index (χ0n) is 9.61. The van der Waals surface area contributed by atoms with Crippen molar-refractivity contribution in [2.45, 2.75) is 35.1 Å². The molecule has 2 unspecified atom stereocenters. The number of thioether (sulfide) groups is 1. The van der Waals surface area contributed by atoms with Crippen molar-refractivity contribution in [2.24, 2.45) is 0 Å². The number of rotatable bonds is 3. The first-order chi connectivity index (χ1) is 8.17. The molecule has 1 aliphatic rings. The van der Waals surface area contributed by atoms with Crippen LogP contribution in [0.5, 0.6) is 0 Å². The summed E-state index contributed by atoms with van der Waals surface area (Å²) in [5.41, 5.74) is -0.343. The maximum Gasteiger partial charge on any atom is 0.107 e. The molecule has 3 nitrogen and oxygen atoms in total. The second kappa shape index (κ2) is 5.26. The van der Waals surface area contributed by atoms with Gasteiger partial charge in [0.25, 0.3) is 0 Å². The molecule has 1 aromatic rings. The lowest BCUT2D eigenvalue weighted by atomic mass is 10.0. The lowest BCUT2D eigenvalue weighted by Crippen LogP contribution is -2.38. The van der Waals surface area contributed by atoms with Gasteiger partial charge in [-0.2, -0.15) is 5.26 Å². The summed E-state index contributed by atoms with van der Waals surface area (Å²) in [5.74, 6) is 0. The minimum atomic E-state index is -0.343. The third kappa shape index (κ3) is 2.92. The molecule has 90 valence electrons. The van der Waals surface area contributed by atoms with Gasteiger partial charge in [-0.1, -0.05) is 11.6 Å². The smallest absolute Gasteiger partial charge is 0.107 e. The van der Waals surface area contributed by atoms with Crippen molar-refractivity contribution in [3.63, 3.8) is 0 Å². The molecule has 2 rings (SSSR count). The predicted octanol–water partition coefficient (Wildman–Crippen LogP) is 2.86. The fourth-order valence-electron chi connectivity index (χ4n) is 2.09. The zero-order valence-corrected chi connectivity index (χ0v) is 11.2. The quantitative estimate of drug-likeness (QED) is 0.915. The number of aromatic nitrogens is 1. The van der Waals surface area contributed by atoms with Gasteiger partial charge in [0.1, 0.15) is 5.54 Å². The Morgan fingerprint density at radius 2 is 2.47 bits per heavy atom. The van der Waals surface area contributed by atoms with Gasteiger partial charge in [0.15, 0.2) is 0 Å². The van der Waals surface area contributed by atoms with E-state index in [4.69, 9.17) is 11.6 Å². The van der Waals surface area contributed by atoms with E-state index in [1.807, 2.05) is 19.2 Å². The summed E-state index contributed by atoms with van der Waals surface area (Å²) in [6, 6.07) is 6.16. The summed E-state index contributed by atoms with van der Waals surface area (Å²) in [7, 11) is 1.86. The molecular formula is C12H14ClN3S. The standard InChI is InChI=1S/C12H14ClN3S/c1-15-12(8-14)5-4-10(6-12)17-11-3-2-9(13)7-16-11/h2-3,7,10,15H,4-6H2,1H3. The van der Waals surface area contributed by atoms with Crippen molar-refractivity contribution in [2.75, 3.05) is 7.05 Å². The lowest BCUT2D eigenvalue weighted by molar-refractivity contribution is 0.464. The topological polar surface area (TPSA) is 48.7 Å². The predicted molar refractivity (Wildman–Crippen MR) is 70.1 cm³/mol. The average Bonchev–Trinajstić information content (AvgIpc) is 2.76. The van der Waals surface area contributed by atoms with Gasteiger partial charge in [0.05, 0.1) is 16.1 Å². The van der Waals surface area contributed by atoms with Crippen LogP contribution in [0.3, 0.4) is 0 Å². The second-order valence-corrected chi connectivity index (χ2v) is 6.00. The van der Waals surface area contributed by atoms with Crippen LogP contribution in [0.2, 0.25) is 5.02 Å². The van der Waals surface area contributed by atoms with Crippen molar-refractivity contribution in [1.29, 1.82) is 5.26 Å². The summed E-state index contributed by atoms with van der Waals surface area (Å²) in [4.78, 5) is 4.27. The van der Waals surface area contributed by atoms with Crippen LogP contribution < -0.4 is 5.32 Å². The van der Waals surface area contributed by atoms with Gasteiger partial charge in [-0.05, 0) is 38.4 Å². The fraction of sp³-hybridized carbons (Fsp3) is 0.500. The van der Waals surface area contributed by atoms with E-state index >= 15 is 0 Å². The van der Waals surface area contributed by atoms with Crippen LogP contribution in [0.15, 0.2) is 23.4 Å². The van der Waals surface area contributed by atoms with Crippen molar-refractivity contribution in [3.8, 4) is 6.07 Å². The van der Waals surface area contributed by atoms with Crippen molar-refractivity contribution >= 4 is 23.4 Å². The summed E-state index contributed by atoms with van der Waals surface area (Å²) < 4.78 is 0. The van der Waals surface area contributed by atoms with E-state index in [2.05, 4.69) is 16.4 Å². The van der Waals surface area contributed by atoms with E-state index in [9.17, 15) is 5.26 Å². The van der Waals surface area contributed by atoms with Crippen LogP contribution in [-0.2, 0) is 0 Å². The first-order valence-corrected chi connectivity index (χ1v) is 6.81. The number of pyridine rings is 1. The normalized spacial score (nSPS) is 27.9. The number of hydrogen-bond acceptors (Lipinski definition) is 4. The molecule has 0 spiro atoms. The van der Waals surface area contributed by atoms with E-state index in [0.29, 0.717) is 10.3 Å². The van der Waals surface area contributed by atoms with E-state index in [1.54, 1.807) is 18.0 Å². The number of hydrogen-bond donors (Lipinski definition) is 1. The van der Waals surface area contributed by atoms with Gasteiger partial charge in [-0.25, -0.2) is 4.98 Å². The minimum Gasteiger partial charge on any atom is -0.302 e. The highest BCUT2D eigenvalue weighted by Gasteiger charge is 2.38. The first-order valence-electron chi connectivity index (χ1n) is 5.56. The Bertz CT molecular complexity index is 428. The van der Waals surface area contributed by atoms with Crippen LogP contribution >= 0.6 is 23.4 Å². The molecular weight excluding hydrogens is 254 g/mol. The minimum absolute atomic E-state index is 0.343. The number of nitrogens with one attached hydrogen (secondary N) is 1. The van der Waals surface area contributed by atoms with E-state index in [1.165, 1.54) is 0 Å². The van der Waals surface area contributed by atoms with E-state index in [-0.39, 0.29) is 5.54 Å². The maximum atomic E-state index is 9.18. The summed E-state index contributed by atoms with van der Waals surface area (Å²) >= 11 is 7.53. The van der Waals surface area contributed by atoms with Gasteiger partial charge in [-0.3, -0.25) is 0 Å². The van der Waals surface area contributed by atoms with Gasteiger partial charge in [0.2, 0.25) is 0 Å². The number of halogens is 1. The van der Waals surface area contributed by atoms with Gasteiger partial charge in [0, 0.05) is 11.4 Å². The molecule has 1 aliphatic carbocycles. The molecule has 0 aliphatic heterocycles. The Morgan fingerprint density at radius 3 is 3.00 bits per heavy atom. The first kappa shape index (κ1) is 12.7. The summed E-state index contributed by atoms with van der Waals surface area (Å²) in [6.07, 6.45) is 4.48. The molecule has 5 heteroatoms. The largest absolute Gasteiger partial charge is 0.302 e. The molecule has 1 aromatic heterocycles. The molecule has 1 fully saturated rings. The van der Waals surface area contributed by atoms with Crippen LogP contribution in [0.25, 0.3) is 0 Å². The monoisotopic (exact) mass is 267 g/mol. The van der Waals surface area contributed by atoms with E-state index in [0.717, 1.165) is 24.3 Å². The highest BCUT2D eigenvalue weighted by atomic mass is 35.5. The van der Waals surface area contributed by atoms with Gasteiger partial charge < -0.3 is 5.32 Å². The fourth-order valence-corrected chi connectivity index (χ4v) is 3.41. The molecule has 0 bridgehead atoms. The van der Waals surface area contributed by atoms with Crippen LogP contribution in [0.4, 0.5) is 0 Å². The van der Waals surface area contributed by atoms with Crippen molar-refractivity contribution < 1.29 is 0 Å². The molecule has 0 amide bonds. The second-order valence-electron chi connectivity index (χ2n) is 4.24. The summed E-state index contributed by atoms with van der Waals surface area (Å²) in [5, 5.41) is 14.4. The van der Waals surface area contributed by atoms with Crippen molar-refractivity contribution in [1.82, 2.24) is 10.3 Å². The molecule has 0 radical (unpaired) electrons. The molecule has 0 aromatic carbocycles. The highest BCUT2D eigenvalue weighted by molar-refractivity contribution is 7.99. The maximum absolute atomic E-state index is 9.18. The molecule has 0 saturated heterocycles. The third-order valence-corrected chi connectivity index (χ3v) is 4.59. The Kier molecular flexibility index (Phi) is 3.93. The molecule has 2 atom stereocenters. The van der Waals surface area contributed by atoms with Crippen LogP contribution in [0, 0.1) is 11.3 Å². The van der Waals surface area contributed by atoms with Crippen LogP contribution in [0.1, 0.15) is 19.3 Å². The highest BCUT2D eigenvalue weighted by Crippen LogP contribution is 2.39. The average molecular weight is 268 g/mol. The van der Waals surface area contributed by atoms with Crippen LogP contribution in [-0.4, -0.2) is 22.8 Å². The molecule has 1 N–H and O–H groups in total. The number of nitrogens with zero attached hydrogens (tertiary/aromatic N) is 2. The zero-order chi connectivity index (χ0) is 12.3. The molecule has 1 saturated carbocycles. The Morgan fingerprint density at radius 1 is 1.65 bits per heavy atom.